The summed E-state index contributed by atoms with van der Waals surface area (Å²) >= 11 is 0. The Hall–Kier alpha value is -1.00. The van der Waals surface area contributed by atoms with Gasteiger partial charge in [0.25, 0.3) is 0 Å². The molecule has 1 aliphatic heterocycles. The predicted octanol–water partition coefficient (Wildman–Crippen LogP) is 4.97. The first-order valence-electron chi connectivity index (χ1n) is 8.78. The molecule has 0 bridgehead atoms. The van der Waals surface area contributed by atoms with Crippen LogP contribution in [0.1, 0.15) is 56.1 Å². The predicted molar refractivity (Wildman–Crippen MR) is 85.4 cm³/mol. The van der Waals surface area contributed by atoms with Gasteiger partial charge in [-0.15, -0.1) is 0 Å². The highest BCUT2D eigenvalue weighted by atomic mass is 19.1. The second kappa shape index (κ2) is 7.71. The Kier molecular flexibility index (Phi) is 5.65. The van der Waals surface area contributed by atoms with E-state index >= 15 is 0 Å². The lowest BCUT2D eigenvalue weighted by Crippen LogP contribution is -2.38. The third-order valence-corrected chi connectivity index (χ3v) is 5.42. The number of hydrogen-bond donors (Lipinski definition) is 0. The minimum absolute atomic E-state index is 0.0654. The second-order valence-corrected chi connectivity index (χ2v) is 6.91. The van der Waals surface area contributed by atoms with E-state index in [1.165, 1.54) is 6.07 Å². The van der Waals surface area contributed by atoms with Gasteiger partial charge in [0.1, 0.15) is 12.5 Å². The van der Waals surface area contributed by atoms with Crippen LogP contribution in [0.25, 0.3) is 0 Å². The van der Waals surface area contributed by atoms with Gasteiger partial charge in [0.2, 0.25) is 0 Å². The van der Waals surface area contributed by atoms with E-state index < -0.39 is 12.5 Å². The molecule has 0 aromatic heterocycles. The van der Waals surface area contributed by atoms with Gasteiger partial charge in [-0.1, -0.05) is 19.1 Å². The fourth-order valence-electron chi connectivity index (χ4n) is 3.72. The summed E-state index contributed by atoms with van der Waals surface area (Å²) in [6.07, 6.45) is 5.14. The van der Waals surface area contributed by atoms with Gasteiger partial charge in [0, 0.05) is 17.4 Å². The molecule has 0 spiro atoms. The minimum atomic E-state index is -0.742. The van der Waals surface area contributed by atoms with Gasteiger partial charge in [-0.25, -0.2) is 8.78 Å². The summed E-state index contributed by atoms with van der Waals surface area (Å²) in [6.45, 7) is 3.03. The summed E-state index contributed by atoms with van der Waals surface area (Å²) in [6, 6.07) is 4.97. The SMILES string of the molecule is CCC1COC(C2CCC(c3ccc(CF)c(F)c3)CC2)OC1. The number of hydrogen-bond acceptors (Lipinski definition) is 2. The van der Waals surface area contributed by atoms with Crippen molar-refractivity contribution in [3.63, 3.8) is 0 Å². The van der Waals surface area contributed by atoms with Crippen molar-refractivity contribution in [2.75, 3.05) is 13.2 Å². The summed E-state index contributed by atoms with van der Waals surface area (Å²) in [5, 5.41) is 0. The molecule has 1 saturated heterocycles. The number of benzene rings is 1. The molecule has 0 amide bonds. The highest BCUT2D eigenvalue weighted by Gasteiger charge is 2.32. The van der Waals surface area contributed by atoms with Crippen molar-refractivity contribution < 1.29 is 18.3 Å². The minimum Gasteiger partial charge on any atom is -0.352 e. The molecule has 2 nitrogen and oxygen atoms in total. The lowest BCUT2D eigenvalue weighted by molar-refractivity contribution is -0.228. The zero-order valence-corrected chi connectivity index (χ0v) is 13.8. The summed E-state index contributed by atoms with van der Waals surface area (Å²) in [5.41, 5.74) is 1.14. The van der Waals surface area contributed by atoms with E-state index in [0.717, 1.165) is 50.9 Å². The quantitative estimate of drug-likeness (QED) is 0.778. The fourth-order valence-corrected chi connectivity index (χ4v) is 3.72. The van der Waals surface area contributed by atoms with Crippen molar-refractivity contribution in [2.24, 2.45) is 11.8 Å². The number of ether oxygens (including phenoxy) is 2. The van der Waals surface area contributed by atoms with Gasteiger partial charge in [-0.3, -0.25) is 0 Å². The maximum atomic E-state index is 13.8. The van der Waals surface area contributed by atoms with Crippen LogP contribution in [0.4, 0.5) is 8.78 Å². The molecule has 1 aliphatic carbocycles. The topological polar surface area (TPSA) is 18.5 Å². The van der Waals surface area contributed by atoms with Crippen molar-refractivity contribution in [2.45, 2.75) is 57.9 Å². The van der Waals surface area contributed by atoms with Crippen LogP contribution >= 0.6 is 0 Å². The molecule has 0 radical (unpaired) electrons. The van der Waals surface area contributed by atoms with E-state index in [2.05, 4.69) is 6.92 Å². The van der Waals surface area contributed by atoms with Crippen LogP contribution in [0.3, 0.4) is 0 Å². The summed E-state index contributed by atoms with van der Waals surface area (Å²) in [4.78, 5) is 0. The van der Waals surface area contributed by atoms with E-state index in [0.29, 0.717) is 17.8 Å². The van der Waals surface area contributed by atoms with Gasteiger partial charge in [-0.05, 0) is 49.7 Å². The Morgan fingerprint density at radius 3 is 2.35 bits per heavy atom. The average molecular weight is 324 g/mol. The summed E-state index contributed by atoms with van der Waals surface area (Å²) in [7, 11) is 0. The third-order valence-electron chi connectivity index (χ3n) is 5.42. The summed E-state index contributed by atoms with van der Waals surface area (Å²) in [5.74, 6) is 0.914. The number of halogens is 2. The normalized spacial score (nSPS) is 32.0. The van der Waals surface area contributed by atoms with Gasteiger partial charge in [0.05, 0.1) is 13.2 Å². The van der Waals surface area contributed by atoms with Gasteiger partial charge >= 0.3 is 0 Å². The monoisotopic (exact) mass is 324 g/mol. The van der Waals surface area contributed by atoms with Crippen molar-refractivity contribution in [3.05, 3.63) is 35.1 Å². The van der Waals surface area contributed by atoms with Crippen LogP contribution < -0.4 is 0 Å². The molecule has 2 fully saturated rings. The molecular formula is C19H26F2O2. The average Bonchev–Trinajstić information content (AvgIpc) is 2.62. The Morgan fingerprint density at radius 2 is 1.78 bits per heavy atom. The molecule has 0 atom stereocenters. The molecule has 23 heavy (non-hydrogen) atoms. The largest absolute Gasteiger partial charge is 0.352 e. The van der Waals surface area contributed by atoms with E-state index in [1.54, 1.807) is 6.07 Å². The van der Waals surface area contributed by atoms with Crippen LogP contribution in [-0.4, -0.2) is 19.5 Å². The van der Waals surface area contributed by atoms with E-state index in [9.17, 15) is 8.78 Å². The molecule has 1 aromatic rings. The van der Waals surface area contributed by atoms with Crippen LogP contribution in [-0.2, 0) is 16.1 Å². The molecule has 1 heterocycles. The smallest absolute Gasteiger partial charge is 0.160 e. The Bertz CT molecular complexity index is 504. The molecule has 128 valence electrons. The Morgan fingerprint density at radius 1 is 1.09 bits per heavy atom. The van der Waals surface area contributed by atoms with Gasteiger partial charge < -0.3 is 9.47 Å². The first-order chi connectivity index (χ1) is 11.2. The molecule has 0 N–H and O–H groups in total. The van der Waals surface area contributed by atoms with Crippen molar-refractivity contribution in [1.82, 2.24) is 0 Å². The lowest BCUT2D eigenvalue weighted by Gasteiger charge is -2.37. The maximum Gasteiger partial charge on any atom is 0.160 e. The second-order valence-electron chi connectivity index (χ2n) is 6.91. The van der Waals surface area contributed by atoms with Crippen molar-refractivity contribution in [1.29, 1.82) is 0 Å². The maximum absolute atomic E-state index is 13.8. The highest BCUT2D eigenvalue weighted by molar-refractivity contribution is 5.27. The first-order valence-corrected chi connectivity index (χ1v) is 8.78. The van der Waals surface area contributed by atoms with E-state index in [4.69, 9.17) is 9.47 Å². The van der Waals surface area contributed by atoms with E-state index in [-0.39, 0.29) is 11.9 Å². The van der Waals surface area contributed by atoms with Crippen molar-refractivity contribution >= 4 is 0 Å². The third kappa shape index (κ3) is 3.92. The first kappa shape index (κ1) is 16.8. The number of rotatable bonds is 4. The van der Waals surface area contributed by atoms with Gasteiger partial charge in [-0.2, -0.15) is 0 Å². The highest BCUT2D eigenvalue weighted by Crippen LogP contribution is 2.39. The van der Waals surface area contributed by atoms with Crippen LogP contribution in [0.5, 0.6) is 0 Å². The molecule has 4 heteroatoms. The van der Waals surface area contributed by atoms with Crippen LogP contribution in [0.15, 0.2) is 18.2 Å². The number of alkyl halides is 1. The summed E-state index contributed by atoms with van der Waals surface area (Å²) < 4.78 is 38.1. The zero-order chi connectivity index (χ0) is 16.2. The lowest BCUT2D eigenvalue weighted by atomic mass is 9.78. The molecule has 1 aromatic carbocycles. The molecule has 3 rings (SSSR count). The Labute approximate surface area is 137 Å². The fraction of sp³-hybridized carbons (Fsp3) is 0.684. The van der Waals surface area contributed by atoms with Crippen molar-refractivity contribution in [3.8, 4) is 0 Å². The van der Waals surface area contributed by atoms with Crippen LogP contribution in [0.2, 0.25) is 0 Å². The standard InChI is InChI=1S/C19H26F2O2/c1-2-13-11-22-19(23-12-13)15-5-3-14(4-6-15)16-7-8-17(10-20)18(21)9-16/h7-9,13-15,19H,2-6,10-12H2,1H3. The zero-order valence-electron chi connectivity index (χ0n) is 13.8. The molecule has 1 saturated carbocycles. The molecule has 2 aliphatic rings. The molecule has 0 unspecified atom stereocenters. The van der Waals surface area contributed by atoms with Crippen LogP contribution in [0, 0.1) is 17.7 Å². The van der Waals surface area contributed by atoms with Gasteiger partial charge in [0.15, 0.2) is 6.29 Å². The molecular weight excluding hydrogens is 298 g/mol. The Balaban J connectivity index is 1.53. The van der Waals surface area contributed by atoms with E-state index in [1.807, 2.05) is 6.07 Å².